The Bertz CT molecular complexity index is 1560. The van der Waals surface area contributed by atoms with Gasteiger partial charge in [-0.1, -0.05) is 66.7 Å². The first kappa shape index (κ1) is 23.9. The Balaban J connectivity index is 1.63. The minimum absolute atomic E-state index is 0.0728. The predicted molar refractivity (Wildman–Crippen MR) is 134 cm³/mol. The fourth-order valence-electron chi connectivity index (χ4n) is 3.93. The second-order valence-corrected chi connectivity index (χ2v) is 8.19. The average Bonchev–Trinajstić information content (AvgIpc) is 3.32. The molecule has 5 nitrogen and oxygen atoms in total. The quantitative estimate of drug-likeness (QED) is 0.260. The highest BCUT2D eigenvalue weighted by molar-refractivity contribution is 6.03. The maximum Gasteiger partial charge on any atom is 0.416 e. The summed E-state index contributed by atoms with van der Waals surface area (Å²) >= 11 is 0. The number of rotatable bonds is 5. The number of phenols is 1. The predicted octanol–water partition coefficient (Wildman–Crippen LogP) is 7.65. The summed E-state index contributed by atoms with van der Waals surface area (Å²) in [6.45, 7) is 0. The molecule has 1 heterocycles. The Morgan fingerprint density at radius 1 is 0.784 bits per heavy atom. The largest absolute Gasteiger partial charge is 0.508 e. The Hall–Kier alpha value is -4.85. The first-order valence-corrected chi connectivity index (χ1v) is 11.2. The van der Waals surface area contributed by atoms with Gasteiger partial charge >= 0.3 is 12.2 Å². The molecule has 5 rings (SSSR count). The van der Waals surface area contributed by atoms with Crippen molar-refractivity contribution in [2.45, 2.75) is 6.18 Å². The van der Waals surface area contributed by atoms with Crippen LogP contribution >= 0.6 is 0 Å². The van der Waals surface area contributed by atoms with Crippen LogP contribution in [0.3, 0.4) is 0 Å². The summed E-state index contributed by atoms with van der Waals surface area (Å²) < 4.78 is 45.4. The van der Waals surface area contributed by atoms with E-state index in [1.807, 2.05) is 18.2 Å². The smallest absolute Gasteiger partial charge is 0.416 e. The van der Waals surface area contributed by atoms with Gasteiger partial charge in [0.15, 0.2) is 5.76 Å². The van der Waals surface area contributed by atoms with Gasteiger partial charge in [-0.25, -0.2) is 0 Å². The van der Waals surface area contributed by atoms with Gasteiger partial charge in [0.2, 0.25) is 0 Å². The number of hydrogen-bond acceptors (Lipinski definition) is 4. The molecule has 2 N–H and O–H groups in total. The first-order chi connectivity index (χ1) is 17.8. The number of hydrogen-bond donors (Lipinski definition) is 2. The third-order valence-electron chi connectivity index (χ3n) is 5.70. The number of carbonyl (C=O) groups excluding carboxylic acids is 1. The van der Waals surface area contributed by atoms with E-state index >= 15 is 0 Å². The van der Waals surface area contributed by atoms with Gasteiger partial charge < -0.3 is 9.52 Å². The molecule has 0 bridgehead atoms. The molecular formula is C29H19F3N2O3. The monoisotopic (exact) mass is 500 g/mol. The second-order valence-electron chi connectivity index (χ2n) is 8.19. The fourth-order valence-corrected chi connectivity index (χ4v) is 3.93. The number of nitrogens with one attached hydrogen (secondary N) is 1. The summed E-state index contributed by atoms with van der Waals surface area (Å²) in [5.74, 6) is -0.126. The summed E-state index contributed by atoms with van der Waals surface area (Å²) in [6, 6.07) is 26.8. The normalized spacial score (nSPS) is 11.3. The van der Waals surface area contributed by atoms with Crippen molar-refractivity contribution in [1.82, 2.24) is 4.98 Å². The molecule has 0 aliphatic rings. The van der Waals surface area contributed by atoms with Crippen LogP contribution < -0.4 is 5.32 Å². The van der Waals surface area contributed by atoms with Crippen molar-refractivity contribution in [3.63, 3.8) is 0 Å². The first-order valence-electron chi connectivity index (χ1n) is 11.2. The average molecular weight is 500 g/mol. The summed E-state index contributed by atoms with van der Waals surface area (Å²) in [4.78, 5) is 17.2. The van der Waals surface area contributed by atoms with Crippen LogP contribution in [0.2, 0.25) is 0 Å². The Morgan fingerprint density at radius 2 is 1.46 bits per heavy atom. The van der Waals surface area contributed by atoms with Crippen molar-refractivity contribution in [3.8, 4) is 39.5 Å². The zero-order valence-corrected chi connectivity index (χ0v) is 19.2. The summed E-state index contributed by atoms with van der Waals surface area (Å²) in [5.41, 5.74) is 2.19. The lowest BCUT2D eigenvalue weighted by atomic mass is 9.95. The van der Waals surface area contributed by atoms with Crippen molar-refractivity contribution in [3.05, 3.63) is 114 Å². The summed E-state index contributed by atoms with van der Waals surface area (Å²) in [5, 5.41) is 12.6. The van der Waals surface area contributed by atoms with Gasteiger partial charge in [0.05, 0.1) is 5.56 Å². The molecule has 0 saturated carbocycles. The third-order valence-corrected chi connectivity index (χ3v) is 5.70. The Morgan fingerprint density at radius 3 is 2.14 bits per heavy atom. The van der Waals surface area contributed by atoms with E-state index in [9.17, 15) is 23.1 Å². The highest BCUT2D eigenvalue weighted by Crippen LogP contribution is 2.41. The number of nitrogens with zero attached hydrogens (tertiary/aromatic N) is 1. The zero-order chi connectivity index (χ0) is 26.0. The van der Waals surface area contributed by atoms with Gasteiger partial charge in [-0.3, -0.25) is 10.1 Å². The molecule has 0 saturated heterocycles. The number of alkyl halides is 3. The van der Waals surface area contributed by atoms with Crippen molar-refractivity contribution in [1.29, 1.82) is 0 Å². The molecule has 0 unspecified atom stereocenters. The van der Waals surface area contributed by atoms with Crippen LogP contribution in [0.5, 0.6) is 5.75 Å². The van der Waals surface area contributed by atoms with Crippen LogP contribution in [-0.4, -0.2) is 16.0 Å². The van der Waals surface area contributed by atoms with Gasteiger partial charge in [0, 0.05) is 16.7 Å². The molecule has 4 aromatic carbocycles. The van der Waals surface area contributed by atoms with Crippen LogP contribution in [0.15, 0.2) is 108 Å². The zero-order valence-electron chi connectivity index (χ0n) is 19.2. The topological polar surface area (TPSA) is 75.4 Å². The van der Waals surface area contributed by atoms with Crippen molar-refractivity contribution in [2.24, 2.45) is 0 Å². The molecule has 0 radical (unpaired) electrons. The molecule has 1 aromatic heterocycles. The van der Waals surface area contributed by atoms with Crippen LogP contribution in [0.25, 0.3) is 33.7 Å². The Labute approximate surface area is 209 Å². The highest BCUT2D eigenvalue weighted by atomic mass is 19.4. The number of carbonyl (C=O) groups is 1. The van der Waals surface area contributed by atoms with E-state index in [0.717, 1.165) is 12.1 Å². The van der Waals surface area contributed by atoms with E-state index in [2.05, 4.69) is 10.3 Å². The van der Waals surface area contributed by atoms with Crippen LogP contribution in [-0.2, 0) is 6.18 Å². The van der Waals surface area contributed by atoms with E-state index in [4.69, 9.17) is 4.42 Å². The van der Waals surface area contributed by atoms with Crippen molar-refractivity contribution in [2.75, 3.05) is 5.32 Å². The molecule has 0 fully saturated rings. The van der Waals surface area contributed by atoms with Crippen LogP contribution in [0.4, 0.5) is 19.2 Å². The summed E-state index contributed by atoms with van der Waals surface area (Å²) in [7, 11) is 0. The fraction of sp³-hybridized carbons (Fsp3) is 0.0345. The SMILES string of the molecule is O=C(Nc1nc(-c2ccc(C(F)(F)F)cc2)c(-c2ccccc2-c2cccc(O)c2)o1)c1ccccc1. The number of aromatic nitrogens is 1. The molecule has 5 aromatic rings. The summed E-state index contributed by atoms with van der Waals surface area (Å²) in [6.07, 6.45) is -4.48. The van der Waals surface area contributed by atoms with E-state index in [-0.39, 0.29) is 23.2 Å². The van der Waals surface area contributed by atoms with E-state index in [1.54, 1.807) is 60.7 Å². The minimum atomic E-state index is -4.48. The number of phenolic OH excluding ortho intramolecular Hbond substituents is 1. The molecule has 0 aliphatic carbocycles. The van der Waals surface area contributed by atoms with E-state index in [1.165, 1.54) is 12.1 Å². The van der Waals surface area contributed by atoms with Crippen molar-refractivity contribution < 1.29 is 27.5 Å². The van der Waals surface area contributed by atoms with Gasteiger partial charge in [0.25, 0.3) is 5.91 Å². The number of oxazole rings is 1. The van der Waals surface area contributed by atoms with Crippen LogP contribution in [0, 0.1) is 0 Å². The van der Waals surface area contributed by atoms with Gasteiger partial charge in [0.1, 0.15) is 11.4 Å². The van der Waals surface area contributed by atoms with Crippen molar-refractivity contribution >= 4 is 11.9 Å². The van der Waals surface area contributed by atoms with Gasteiger partial charge in [-0.2, -0.15) is 18.2 Å². The lowest BCUT2D eigenvalue weighted by molar-refractivity contribution is -0.137. The maximum absolute atomic E-state index is 13.1. The number of aromatic hydroxyl groups is 1. The standard InChI is InChI=1S/C29H19F3N2O3/c30-29(31,32)21-15-13-18(14-16-21)25-26(37-28(33-25)34-27(36)19-7-2-1-3-8-19)24-12-5-4-11-23(24)20-9-6-10-22(35)17-20/h1-17,35H,(H,33,34,36). The highest BCUT2D eigenvalue weighted by Gasteiger charge is 2.30. The molecular weight excluding hydrogens is 481 g/mol. The minimum Gasteiger partial charge on any atom is -0.508 e. The molecule has 1 amide bonds. The number of anilines is 1. The maximum atomic E-state index is 13.1. The number of benzene rings is 4. The molecule has 8 heteroatoms. The Kier molecular flexibility index (Phi) is 6.23. The van der Waals surface area contributed by atoms with Gasteiger partial charge in [-0.05, 0) is 47.5 Å². The molecule has 0 spiro atoms. The molecule has 0 aliphatic heterocycles. The lowest BCUT2D eigenvalue weighted by Crippen LogP contribution is -2.11. The molecule has 37 heavy (non-hydrogen) atoms. The van der Waals surface area contributed by atoms with E-state index < -0.39 is 17.6 Å². The molecule has 184 valence electrons. The number of halogens is 3. The van der Waals surface area contributed by atoms with Gasteiger partial charge in [-0.15, -0.1) is 0 Å². The van der Waals surface area contributed by atoms with Crippen LogP contribution in [0.1, 0.15) is 15.9 Å². The second kappa shape index (κ2) is 9.66. The van der Waals surface area contributed by atoms with E-state index in [0.29, 0.717) is 27.8 Å². The third kappa shape index (κ3) is 5.08. The number of amides is 1. The molecule has 0 atom stereocenters. The lowest BCUT2D eigenvalue weighted by Gasteiger charge is -2.10.